The first-order valence-electron chi connectivity index (χ1n) is 6.58. The van der Waals surface area contributed by atoms with Crippen molar-refractivity contribution in [2.45, 2.75) is 31.7 Å². The zero-order chi connectivity index (χ0) is 14.3. The van der Waals surface area contributed by atoms with Crippen LogP contribution in [0, 0.1) is 5.92 Å². The average Bonchev–Trinajstić information content (AvgIpc) is 2.39. The Morgan fingerprint density at radius 2 is 1.58 bits per heavy atom. The third kappa shape index (κ3) is 5.04. The number of aliphatic hydroxyl groups excluding tert-OH is 2. The second-order valence-corrected chi connectivity index (χ2v) is 4.77. The monoisotopic (exact) mass is 274 g/mol. The van der Waals surface area contributed by atoms with Gasteiger partial charge < -0.3 is 25.5 Å². The van der Waals surface area contributed by atoms with Gasteiger partial charge in [0.1, 0.15) is 0 Å². The minimum atomic E-state index is -0.771. The first kappa shape index (κ1) is 15.7. The van der Waals surface area contributed by atoms with Crippen LogP contribution in [0.4, 0.5) is 4.79 Å². The van der Waals surface area contributed by atoms with E-state index in [2.05, 4.69) is 5.32 Å². The van der Waals surface area contributed by atoms with E-state index in [4.69, 9.17) is 15.3 Å². The molecule has 0 saturated heterocycles. The fraction of sp³-hybridized carbons (Fsp3) is 0.833. The van der Waals surface area contributed by atoms with Crippen LogP contribution in [0.2, 0.25) is 0 Å². The fourth-order valence-electron chi connectivity index (χ4n) is 2.31. The summed E-state index contributed by atoms with van der Waals surface area (Å²) in [7, 11) is 0. The van der Waals surface area contributed by atoms with E-state index in [1.54, 1.807) is 0 Å². The molecule has 0 unspecified atom stereocenters. The van der Waals surface area contributed by atoms with Crippen LogP contribution in [0.25, 0.3) is 0 Å². The van der Waals surface area contributed by atoms with Gasteiger partial charge in [0.05, 0.1) is 19.1 Å². The summed E-state index contributed by atoms with van der Waals surface area (Å²) in [4.78, 5) is 24.0. The van der Waals surface area contributed by atoms with E-state index in [0.717, 1.165) is 0 Å². The number of carbonyl (C=O) groups is 2. The highest BCUT2D eigenvalue weighted by molar-refractivity contribution is 5.74. The normalized spacial score (nSPS) is 22.8. The molecule has 0 aromatic carbocycles. The molecule has 4 N–H and O–H groups in total. The molecule has 0 atom stereocenters. The highest BCUT2D eigenvalue weighted by Crippen LogP contribution is 2.24. The van der Waals surface area contributed by atoms with Crippen LogP contribution in [0.5, 0.6) is 0 Å². The molecule has 7 nitrogen and oxygen atoms in total. The molecule has 1 rings (SSSR count). The van der Waals surface area contributed by atoms with Crippen molar-refractivity contribution in [1.82, 2.24) is 10.2 Å². The van der Waals surface area contributed by atoms with Crippen LogP contribution in [0.1, 0.15) is 25.7 Å². The molecule has 1 aliphatic carbocycles. The van der Waals surface area contributed by atoms with Gasteiger partial charge in [0.15, 0.2) is 0 Å². The minimum Gasteiger partial charge on any atom is -0.481 e. The Bertz CT molecular complexity index is 296. The lowest BCUT2D eigenvalue weighted by Gasteiger charge is -2.29. The van der Waals surface area contributed by atoms with Crippen molar-refractivity contribution >= 4 is 12.0 Å². The molecule has 0 aromatic rings. The number of nitrogens with one attached hydrogen (secondary N) is 1. The Hall–Kier alpha value is -1.34. The molecule has 0 heterocycles. The van der Waals surface area contributed by atoms with Crippen LogP contribution in [0.15, 0.2) is 0 Å². The number of nitrogens with zero attached hydrogens (tertiary/aromatic N) is 1. The second-order valence-electron chi connectivity index (χ2n) is 4.77. The predicted molar refractivity (Wildman–Crippen MR) is 67.7 cm³/mol. The standard InChI is InChI=1S/C12H22N2O5/c15-7-5-14(6-8-16)12(19)13-10-3-1-9(2-4-10)11(17)18/h9-10,15-16H,1-8H2,(H,13,19)(H,17,18). The molecule has 0 aromatic heterocycles. The van der Waals surface area contributed by atoms with E-state index in [1.165, 1.54) is 4.90 Å². The van der Waals surface area contributed by atoms with E-state index in [9.17, 15) is 9.59 Å². The van der Waals surface area contributed by atoms with E-state index >= 15 is 0 Å². The molecule has 7 heteroatoms. The molecule has 0 bridgehead atoms. The lowest BCUT2D eigenvalue weighted by Crippen LogP contribution is -2.48. The van der Waals surface area contributed by atoms with Crippen molar-refractivity contribution in [3.8, 4) is 0 Å². The van der Waals surface area contributed by atoms with Gasteiger partial charge in [-0.2, -0.15) is 0 Å². The zero-order valence-corrected chi connectivity index (χ0v) is 10.9. The molecule has 0 radical (unpaired) electrons. The van der Waals surface area contributed by atoms with Gasteiger partial charge in [0.25, 0.3) is 0 Å². The van der Waals surface area contributed by atoms with Crippen LogP contribution in [-0.2, 0) is 4.79 Å². The Kier molecular flexibility index (Phi) is 6.58. The number of rotatable bonds is 6. The van der Waals surface area contributed by atoms with Crippen molar-refractivity contribution in [3.05, 3.63) is 0 Å². The zero-order valence-electron chi connectivity index (χ0n) is 10.9. The summed E-state index contributed by atoms with van der Waals surface area (Å²) in [6, 6.07) is -0.343. The van der Waals surface area contributed by atoms with Crippen LogP contribution in [0.3, 0.4) is 0 Å². The number of carbonyl (C=O) groups excluding carboxylic acids is 1. The number of amides is 2. The van der Waals surface area contributed by atoms with Crippen molar-refractivity contribution in [1.29, 1.82) is 0 Å². The van der Waals surface area contributed by atoms with E-state index in [1.807, 2.05) is 0 Å². The molecule has 1 fully saturated rings. The maximum Gasteiger partial charge on any atom is 0.317 e. The van der Waals surface area contributed by atoms with Crippen molar-refractivity contribution < 1.29 is 24.9 Å². The number of carboxylic acids is 1. The summed E-state index contributed by atoms with van der Waals surface area (Å²) >= 11 is 0. The van der Waals surface area contributed by atoms with Gasteiger partial charge in [0.2, 0.25) is 0 Å². The second kappa shape index (κ2) is 7.96. The highest BCUT2D eigenvalue weighted by atomic mass is 16.4. The topological polar surface area (TPSA) is 110 Å². The largest absolute Gasteiger partial charge is 0.481 e. The van der Waals surface area contributed by atoms with E-state index in [0.29, 0.717) is 25.7 Å². The number of hydrogen-bond acceptors (Lipinski definition) is 4. The molecule has 1 aliphatic rings. The van der Waals surface area contributed by atoms with Crippen molar-refractivity contribution in [2.24, 2.45) is 5.92 Å². The van der Waals surface area contributed by atoms with Crippen LogP contribution < -0.4 is 5.32 Å². The maximum atomic E-state index is 11.9. The maximum absolute atomic E-state index is 11.9. The molecule has 2 amide bonds. The van der Waals surface area contributed by atoms with Gasteiger partial charge in [-0.3, -0.25) is 4.79 Å². The van der Waals surface area contributed by atoms with Gasteiger partial charge in [-0.25, -0.2) is 4.79 Å². The molecular weight excluding hydrogens is 252 g/mol. The number of urea groups is 1. The number of hydrogen-bond donors (Lipinski definition) is 4. The lowest BCUT2D eigenvalue weighted by molar-refractivity contribution is -0.142. The number of aliphatic hydroxyl groups is 2. The molecule has 19 heavy (non-hydrogen) atoms. The summed E-state index contributed by atoms with van der Waals surface area (Å²) in [5.41, 5.74) is 0. The van der Waals surface area contributed by atoms with Gasteiger partial charge in [-0.1, -0.05) is 0 Å². The first-order chi connectivity index (χ1) is 9.08. The Morgan fingerprint density at radius 1 is 1.05 bits per heavy atom. The first-order valence-corrected chi connectivity index (χ1v) is 6.58. The van der Waals surface area contributed by atoms with Gasteiger partial charge >= 0.3 is 12.0 Å². The Morgan fingerprint density at radius 3 is 2.00 bits per heavy atom. The van der Waals surface area contributed by atoms with Gasteiger partial charge in [-0.05, 0) is 25.7 Å². The van der Waals surface area contributed by atoms with Gasteiger partial charge in [-0.15, -0.1) is 0 Å². The van der Waals surface area contributed by atoms with Crippen molar-refractivity contribution in [3.63, 3.8) is 0 Å². The van der Waals surface area contributed by atoms with Crippen LogP contribution >= 0.6 is 0 Å². The summed E-state index contributed by atoms with van der Waals surface area (Å²) < 4.78 is 0. The van der Waals surface area contributed by atoms with E-state index in [-0.39, 0.29) is 44.3 Å². The third-order valence-corrected chi connectivity index (χ3v) is 3.43. The summed E-state index contributed by atoms with van der Waals surface area (Å²) in [6.45, 7) is 0.0477. The predicted octanol–water partition coefficient (Wildman–Crippen LogP) is -0.374. The summed E-state index contributed by atoms with van der Waals surface area (Å²) in [5, 5.41) is 29.4. The van der Waals surface area contributed by atoms with Gasteiger partial charge in [0, 0.05) is 19.1 Å². The SMILES string of the molecule is O=C(O)C1CCC(NC(=O)N(CCO)CCO)CC1. The Balaban J connectivity index is 2.38. The molecule has 1 saturated carbocycles. The number of carboxylic acid groups (broad SMARTS) is 1. The molecule has 0 aliphatic heterocycles. The third-order valence-electron chi connectivity index (χ3n) is 3.43. The fourth-order valence-corrected chi connectivity index (χ4v) is 2.31. The summed E-state index contributed by atoms with van der Waals surface area (Å²) in [6.07, 6.45) is 2.43. The molecule has 0 spiro atoms. The molecule has 110 valence electrons. The highest BCUT2D eigenvalue weighted by Gasteiger charge is 2.27. The smallest absolute Gasteiger partial charge is 0.317 e. The van der Waals surface area contributed by atoms with E-state index < -0.39 is 5.97 Å². The average molecular weight is 274 g/mol. The Labute approximate surface area is 112 Å². The minimum absolute atomic E-state index is 0.0250. The quantitative estimate of drug-likeness (QED) is 0.528. The molecular formula is C12H22N2O5. The number of aliphatic carboxylic acids is 1. The van der Waals surface area contributed by atoms with Crippen LogP contribution in [-0.4, -0.2) is 64.6 Å². The van der Waals surface area contributed by atoms with Crippen molar-refractivity contribution in [2.75, 3.05) is 26.3 Å². The summed E-state index contributed by atoms with van der Waals surface area (Å²) in [5.74, 6) is -1.08. The lowest BCUT2D eigenvalue weighted by atomic mass is 9.86.